The van der Waals surface area contributed by atoms with Crippen molar-refractivity contribution in [2.45, 2.75) is 0 Å². The fourth-order valence-corrected chi connectivity index (χ4v) is 0. The van der Waals surface area contributed by atoms with E-state index < -0.39 is 19.8 Å². The summed E-state index contributed by atoms with van der Waals surface area (Å²) in [6.45, 7) is 0. The van der Waals surface area contributed by atoms with E-state index in [0.717, 1.165) is 0 Å². The number of nitrogens with two attached hydrogens (primary N) is 1. The first-order chi connectivity index (χ1) is 2.65. The predicted molar refractivity (Wildman–Crippen MR) is 10.8 cm³/mol. The molecule has 0 amide bonds. The summed E-state index contributed by atoms with van der Waals surface area (Å²) in [6.07, 6.45) is 0. The zero-order chi connectivity index (χ0) is 7.38. The molecule has 53 valence electrons. The van der Waals surface area contributed by atoms with Gasteiger partial charge in [0.25, 0.3) is 0 Å². The van der Waals surface area contributed by atoms with Crippen molar-refractivity contribution in [2.24, 2.45) is 3.68 Å². The monoisotopic (exact) mass is 220 g/mol. The van der Waals surface area contributed by atoms with Crippen molar-refractivity contribution in [2.75, 3.05) is 0 Å². The summed E-state index contributed by atoms with van der Waals surface area (Å²) in [5.74, 6) is 0. The molecule has 0 fully saturated rings. The van der Waals surface area contributed by atoms with E-state index in [1.54, 1.807) is 0 Å². The summed E-state index contributed by atoms with van der Waals surface area (Å²) in [6, 6.07) is 0. The van der Waals surface area contributed by atoms with E-state index in [1.807, 2.05) is 0 Å². The molecule has 0 radical (unpaired) electrons. The third kappa shape index (κ3) is 1060. The molecule has 0 aliphatic rings. The van der Waals surface area contributed by atoms with Crippen molar-refractivity contribution in [1.29, 1.82) is 0 Å². The van der Waals surface area contributed by atoms with Gasteiger partial charge < -0.3 is 0 Å². The second-order valence-electron chi connectivity index (χ2n) is 1.73. The molecule has 0 saturated heterocycles. The topological polar surface area (TPSA) is 26.0 Å². The molecule has 0 bridgehead atoms. The summed E-state index contributed by atoms with van der Waals surface area (Å²) < 4.78 is 64.6. The van der Waals surface area contributed by atoms with Gasteiger partial charge in [0.2, 0.25) is 0 Å². The van der Waals surface area contributed by atoms with Gasteiger partial charge in [-0.3, -0.25) is 0 Å². The van der Waals surface area contributed by atoms with Gasteiger partial charge in [0.05, 0.1) is 0 Å². The molecule has 8 heavy (non-hydrogen) atoms. The van der Waals surface area contributed by atoms with Crippen LogP contribution in [0.25, 0.3) is 0 Å². The third-order valence-corrected chi connectivity index (χ3v) is 0. The summed E-state index contributed by atoms with van der Waals surface area (Å²) in [7, 11) is 0. The SMILES string of the molecule is [NH2][Zr]([F])([F])([F])([F])([F])[F]. The minimum absolute atomic E-state index is 2.27. The minimum atomic E-state index is -12.4. The molecule has 0 aromatic heterocycles. The molecule has 0 aliphatic carbocycles. The normalized spacial score (nSPS) is 27.1. The van der Waals surface area contributed by atoms with Gasteiger partial charge in [-0.1, -0.05) is 0 Å². The third-order valence-electron chi connectivity index (χ3n) is 0. The first-order valence-electron chi connectivity index (χ1n) is 1.42. The van der Waals surface area contributed by atoms with Gasteiger partial charge in [-0.15, -0.1) is 0 Å². The number of halogens is 6. The molecule has 0 saturated carbocycles. The number of hydrogen-bond donors (Lipinski definition) is 1. The molecule has 0 heterocycles. The van der Waals surface area contributed by atoms with Crippen LogP contribution in [0.3, 0.4) is 0 Å². The van der Waals surface area contributed by atoms with Gasteiger partial charge in [-0.05, 0) is 0 Å². The Morgan fingerprint density at radius 1 is 0.750 bits per heavy atom. The Bertz CT molecular complexity index is 101. The van der Waals surface area contributed by atoms with Crippen LogP contribution in [-0.4, -0.2) is 0 Å². The predicted octanol–water partition coefficient (Wildman–Crippen LogP) is 1.93. The second-order valence-corrected chi connectivity index (χ2v) is 10.2. The first-order valence-corrected chi connectivity index (χ1v) is 8.42. The van der Waals surface area contributed by atoms with Crippen LogP contribution in [-0.2, 0) is 19.8 Å². The molecule has 8 heteroatoms. The Labute approximate surface area is 39.7 Å². The molecule has 0 aromatic rings. The van der Waals surface area contributed by atoms with Crippen molar-refractivity contribution in [3.63, 3.8) is 0 Å². The molecule has 0 aromatic carbocycles. The fraction of sp³-hybridized carbons (Fsp3) is 0. The zero-order valence-electron chi connectivity index (χ0n) is 3.35. The van der Waals surface area contributed by atoms with Crippen molar-refractivity contribution >= 4 is 0 Å². The summed E-state index contributed by atoms with van der Waals surface area (Å²) in [5, 5.41) is 0. The molecule has 0 rings (SSSR count). The van der Waals surface area contributed by atoms with E-state index in [0.29, 0.717) is 0 Å². The maximum absolute atomic E-state index is 12.4. The van der Waals surface area contributed by atoms with E-state index in [1.165, 1.54) is 0 Å². The van der Waals surface area contributed by atoms with Crippen LogP contribution < -0.4 is 3.68 Å². The van der Waals surface area contributed by atoms with Crippen LogP contribution in [0.15, 0.2) is 0 Å². The fourth-order valence-electron chi connectivity index (χ4n) is 0. The van der Waals surface area contributed by atoms with Gasteiger partial charge in [-0.2, -0.15) is 0 Å². The van der Waals surface area contributed by atoms with Crippen LogP contribution in [0.4, 0.5) is 15.8 Å². The maximum atomic E-state index is 10.4. The van der Waals surface area contributed by atoms with Gasteiger partial charge in [0.15, 0.2) is 0 Å². The number of hydrogen-bond acceptors (Lipinski definition) is 1. The average Bonchev–Trinajstić information content (AvgIpc) is 0.544. The average molecular weight is 221 g/mol. The molecule has 0 spiro atoms. The standard InChI is InChI=1S/6FH.H2N.Zr/h6*1H;1H2;/q;;;;;;-1;+7/p-6. The van der Waals surface area contributed by atoms with E-state index in [-0.39, 0.29) is 0 Å². The van der Waals surface area contributed by atoms with Gasteiger partial charge in [0, 0.05) is 0 Å². The van der Waals surface area contributed by atoms with E-state index in [4.69, 9.17) is 0 Å². The van der Waals surface area contributed by atoms with E-state index in [2.05, 4.69) is 3.68 Å². The van der Waals surface area contributed by atoms with Crippen LogP contribution >= 0.6 is 0 Å². The molecule has 2 N–H and O–H groups in total. The second kappa shape index (κ2) is 0.667. The molecule has 1 nitrogen and oxygen atoms in total. The first kappa shape index (κ1) is 8.42. The van der Waals surface area contributed by atoms with Crippen LogP contribution in [0.5, 0.6) is 0 Å². The van der Waals surface area contributed by atoms with Gasteiger partial charge in [0.1, 0.15) is 0 Å². The molecule has 0 aliphatic heterocycles. The Morgan fingerprint density at radius 2 is 0.750 bits per heavy atom. The van der Waals surface area contributed by atoms with Crippen LogP contribution in [0, 0.1) is 0 Å². The Balaban J connectivity index is 5.14. The summed E-state index contributed by atoms with van der Waals surface area (Å²) in [4.78, 5) is 0. The van der Waals surface area contributed by atoms with Gasteiger partial charge in [-0.25, -0.2) is 0 Å². The van der Waals surface area contributed by atoms with Crippen LogP contribution in [0.2, 0.25) is 0 Å². The quantitative estimate of drug-likeness (QED) is 0.621. The Hall–Kier alpha value is 0.423. The van der Waals surface area contributed by atoms with Crippen LogP contribution in [0.1, 0.15) is 0 Å². The zero-order valence-corrected chi connectivity index (χ0v) is 5.80. The van der Waals surface area contributed by atoms with E-state index in [9.17, 15) is 15.8 Å². The molecular formula is H2F6NZr. The van der Waals surface area contributed by atoms with Crippen molar-refractivity contribution < 1.29 is 35.5 Å². The van der Waals surface area contributed by atoms with Gasteiger partial charge >= 0.3 is 39.2 Å². The van der Waals surface area contributed by atoms with Crippen molar-refractivity contribution in [3.8, 4) is 0 Å². The summed E-state index contributed by atoms with van der Waals surface area (Å²) >= 11 is -12.4. The van der Waals surface area contributed by atoms with Crippen molar-refractivity contribution in [3.05, 3.63) is 0 Å². The molecule has 0 unspecified atom stereocenters. The molecular weight excluding hydrogens is 219 g/mol. The van der Waals surface area contributed by atoms with Crippen molar-refractivity contribution in [1.82, 2.24) is 0 Å². The number of rotatable bonds is 0. The summed E-state index contributed by atoms with van der Waals surface area (Å²) in [5.41, 5.74) is 0. The molecule has 0 atom stereocenters. The Morgan fingerprint density at radius 3 is 0.750 bits per heavy atom. The van der Waals surface area contributed by atoms with E-state index >= 15 is 0 Å². The Kier molecular flexibility index (Phi) is 0.703.